The van der Waals surface area contributed by atoms with Crippen molar-refractivity contribution in [2.75, 3.05) is 39.6 Å². The second kappa shape index (κ2) is 6.61. The number of anilines is 1. The molecule has 0 aliphatic heterocycles. The summed E-state index contributed by atoms with van der Waals surface area (Å²) in [5, 5.41) is 0. The number of amides is 1. The molecule has 2 N–H and O–H groups in total. The molecule has 5 nitrogen and oxygen atoms in total. The van der Waals surface area contributed by atoms with Crippen molar-refractivity contribution in [2.24, 2.45) is 5.92 Å². The Hall–Kier alpha value is -1.75. The van der Waals surface area contributed by atoms with Gasteiger partial charge in [0.05, 0.1) is 19.4 Å². The van der Waals surface area contributed by atoms with E-state index in [1.165, 1.54) is 12.8 Å². The van der Waals surface area contributed by atoms with E-state index in [4.69, 9.17) is 15.2 Å². The summed E-state index contributed by atoms with van der Waals surface area (Å²) in [5.74, 6) is 1.27. The van der Waals surface area contributed by atoms with E-state index in [0.717, 1.165) is 12.5 Å². The second-order valence-corrected chi connectivity index (χ2v) is 5.20. The third-order valence-electron chi connectivity index (χ3n) is 3.44. The van der Waals surface area contributed by atoms with Crippen LogP contribution in [-0.4, -0.2) is 44.7 Å². The first-order valence-corrected chi connectivity index (χ1v) is 6.88. The average Bonchev–Trinajstić information content (AvgIpc) is 3.26. The summed E-state index contributed by atoms with van der Waals surface area (Å²) in [5.41, 5.74) is 6.84. The summed E-state index contributed by atoms with van der Waals surface area (Å²) >= 11 is 0. The van der Waals surface area contributed by atoms with Crippen LogP contribution in [0.5, 0.6) is 5.75 Å². The van der Waals surface area contributed by atoms with Gasteiger partial charge in [0.25, 0.3) is 5.91 Å². The maximum atomic E-state index is 12.2. The molecule has 0 bridgehead atoms. The summed E-state index contributed by atoms with van der Waals surface area (Å²) in [6.45, 7) is 1.97. The van der Waals surface area contributed by atoms with E-state index in [2.05, 4.69) is 0 Å². The molecule has 1 aliphatic rings. The minimum atomic E-state index is -0.0608. The molecular formula is C15H22N2O3. The molecule has 110 valence electrons. The summed E-state index contributed by atoms with van der Waals surface area (Å²) in [4.78, 5) is 13.9. The molecular weight excluding hydrogens is 256 g/mol. The van der Waals surface area contributed by atoms with Gasteiger partial charge >= 0.3 is 0 Å². The highest BCUT2D eigenvalue weighted by Gasteiger charge is 2.21. The van der Waals surface area contributed by atoms with E-state index in [1.807, 2.05) is 0 Å². The summed E-state index contributed by atoms with van der Waals surface area (Å²) in [7, 11) is 3.32. The van der Waals surface area contributed by atoms with Gasteiger partial charge in [0.2, 0.25) is 0 Å². The number of hydrogen-bond donors (Lipinski definition) is 1. The normalized spacial score (nSPS) is 14.1. The molecule has 0 saturated heterocycles. The number of hydrogen-bond acceptors (Lipinski definition) is 4. The number of likely N-dealkylation sites (N-methyl/N-ethyl adjacent to an activating group) is 1. The van der Waals surface area contributed by atoms with E-state index in [1.54, 1.807) is 37.3 Å². The lowest BCUT2D eigenvalue weighted by atomic mass is 10.1. The van der Waals surface area contributed by atoms with E-state index in [0.29, 0.717) is 30.2 Å². The predicted molar refractivity (Wildman–Crippen MR) is 77.9 cm³/mol. The lowest BCUT2D eigenvalue weighted by Crippen LogP contribution is -2.30. The molecule has 0 atom stereocenters. The quantitative estimate of drug-likeness (QED) is 0.610. The third kappa shape index (κ3) is 3.87. The number of nitrogen functional groups attached to an aromatic ring is 1. The van der Waals surface area contributed by atoms with E-state index in [9.17, 15) is 4.79 Å². The van der Waals surface area contributed by atoms with Crippen molar-refractivity contribution in [3.05, 3.63) is 23.8 Å². The van der Waals surface area contributed by atoms with Crippen LogP contribution in [-0.2, 0) is 4.74 Å². The Morgan fingerprint density at radius 3 is 2.80 bits per heavy atom. The van der Waals surface area contributed by atoms with Crippen LogP contribution in [0.2, 0.25) is 0 Å². The first-order chi connectivity index (χ1) is 9.61. The molecule has 2 rings (SSSR count). The number of nitrogens with zero attached hydrogens (tertiary/aromatic N) is 1. The van der Waals surface area contributed by atoms with Crippen LogP contribution in [0.25, 0.3) is 0 Å². The molecule has 0 unspecified atom stereocenters. The van der Waals surface area contributed by atoms with Crippen molar-refractivity contribution in [2.45, 2.75) is 12.8 Å². The lowest BCUT2D eigenvalue weighted by Gasteiger charge is -2.17. The van der Waals surface area contributed by atoms with E-state index in [-0.39, 0.29) is 5.91 Å². The maximum absolute atomic E-state index is 12.2. The van der Waals surface area contributed by atoms with Gasteiger partial charge in [0.15, 0.2) is 0 Å². The summed E-state index contributed by atoms with van der Waals surface area (Å²) in [6.07, 6.45) is 2.56. The highest BCUT2D eigenvalue weighted by atomic mass is 16.5. The Morgan fingerprint density at radius 1 is 1.45 bits per heavy atom. The minimum Gasteiger partial charge on any atom is -0.495 e. The van der Waals surface area contributed by atoms with Gasteiger partial charge in [-0.15, -0.1) is 0 Å². The molecule has 1 saturated carbocycles. The molecule has 0 heterocycles. The largest absolute Gasteiger partial charge is 0.495 e. The standard InChI is InChI=1S/C15H22N2O3/c1-17(7-8-20-10-11-3-4-11)15(18)12-5-6-14(19-2)13(16)9-12/h5-6,9,11H,3-4,7-8,10,16H2,1-2H3. The second-order valence-electron chi connectivity index (χ2n) is 5.20. The van der Waals surface area contributed by atoms with Crippen molar-refractivity contribution >= 4 is 11.6 Å². The first kappa shape index (κ1) is 14.7. The van der Waals surface area contributed by atoms with Crippen LogP contribution in [0.15, 0.2) is 18.2 Å². The minimum absolute atomic E-state index is 0.0608. The molecule has 5 heteroatoms. The Balaban J connectivity index is 1.83. The molecule has 0 spiro atoms. The zero-order valence-electron chi connectivity index (χ0n) is 12.1. The predicted octanol–water partition coefficient (Wildman–Crippen LogP) is 1.78. The van der Waals surface area contributed by atoms with Crippen LogP contribution in [0.3, 0.4) is 0 Å². The average molecular weight is 278 g/mol. The van der Waals surface area contributed by atoms with Crippen molar-refractivity contribution < 1.29 is 14.3 Å². The third-order valence-corrected chi connectivity index (χ3v) is 3.44. The van der Waals surface area contributed by atoms with Crippen LogP contribution < -0.4 is 10.5 Å². The fourth-order valence-corrected chi connectivity index (χ4v) is 1.93. The van der Waals surface area contributed by atoms with Crippen LogP contribution in [0.1, 0.15) is 23.2 Å². The smallest absolute Gasteiger partial charge is 0.253 e. The highest BCUT2D eigenvalue weighted by molar-refractivity contribution is 5.95. The molecule has 1 fully saturated rings. The summed E-state index contributed by atoms with van der Waals surface area (Å²) in [6, 6.07) is 5.07. The number of benzene rings is 1. The van der Waals surface area contributed by atoms with Crippen molar-refractivity contribution in [1.82, 2.24) is 4.90 Å². The zero-order valence-corrected chi connectivity index (χ0v) is 12.1. The molecule has 1 aromatic carbocycles. The molecule has 1 aliphatic carbocycles. The van der Waals surface area contributed by atoms with Gasteiger partial charge in [-0.3, -0.25) is 4.79 Å². The number of carbonyl (C=O) groups is 1. The van der Waals surface area contributed by atoms with Gasteiger partial charge in [-0.2, -0.15) is 0 Å². The number of carbonyl (C=O) groups excluding carboxylic acids is 1. The monoisotopic (exact) mass is 278 g/mol. The Bertz CT molecular complexity index is 472. The first-order valence-electron chi connectivity index (χ1n) is 6.88. The van der Waals surface area contributed by atoms with E-state index >= 15 is 0 Å². The van der Waals surface area contributed by atoms with Gasteiger partial charge in [0.1, 0.15) is 5.75 Å². The molecule has 0 aromatic heterocycles. The highest BCUT2D eigenvalue weighted by Crippen LogP contribution is 2.28. The van der Waals surface area contributed by atoms with Crippen molar-refractivity contribution in [1.29, 1.82) is 0 Å². The van der Waals surface area contributed by atoms with Gasteiger partial charge < -0.3 is 20.1 Å². The molecule has 20 heavy (non-hydrogen) atoms. The van der Waals surface area contributed by atoms with Gasteiger partial charge in [0, 0.05) is 25.8 Å². The fraction of sp³-hybridized carbons (Fsp3) is 0.533. The number of methoxy groups -OCH3 is 1. The van der Waals surface area contributed by atoms with Crippen molar-refractivity contribution in [3.63, 3.8) is 0 Å². The number of ether oxygens (including phenoxy) is 2. The Labute approximate surface area is 119 Å². The topological polar surface area (TPSA) is 64.8 Å². The Morgan fingerprint density at radius 2 is 2.20 bits per heavy atom. The number of rotatable bonds is 7. The zero-order chi connectivity index (χ0) is 14.5. The molecule has 0 radical (unpaired) electrons. The van der Waals surface area contributed by atoms with Crippen LogP contribution in [0.4, 0.5) is 5.69 Å². The summed E-state index contributed by atoms with van der Waals surface area (Å²) < 4.78 is 10.6. The van der Waals surface area contributed by atoms with Crippen molar-refractivity contribution in [3.8, 4) is 5.75 Å². The van der Waals surface area contributed by atoms with Gasteiger partial charge in [-0.25, -0.2) is 0 Å². The Kier molecular flexibility index (Phi) is 4.84. The number of nitrogens with two attached hydrogens (primary N) is 1. The van der Waals surface area contributed by atoms with E-state index < -0.39 is 0 Å². The van der Waals surface area contributed by atoms with Crippen LogP contribution >= 0.6 is 0 Å². The molecule has 1 aromatic rings. The fourth-order valence-electron chi connectivity index (χ4n) is 1.93. The maximum Gasteiger partial charge on any atom is 0.253 e. The lowest BCUT2D eigenvalue weighted by molar-refractivity contribution is 0.0681. The molecule has 1 amide bonds. The SMILES string of the molecule is COc1ccc(C(=O)N(C)CCOCC2CC2)cc1N. The van der Waals surface area contributed by atoms with Crippen LogP contribution in [0, 0.1) is 5.92 Å². The van der Waals surface area contributed by atoms with Gasteiger partial charge in [-0.1, -0.05) is 0 Å². The van der Waals surface area contributed by atoms with Gasteiger partial charge in [-0.05, 0) is 37.0 Å².